The fourth-order valence-electron chi connectivity index (χ4n) is 2.51. The first kappa shape index (κ1) is 13.9. The molecule has 1 atom stereocenters. The van der Waals surface area contributed by atoms with Gasteiger partial charge in [0.15, 0.2) is 0 Å². The van der Waals surface area contributed by atoms with E-state index in [0.717, 1.165) is 26.1 Å². The molecule has 0 saturated carbocycles. The lowest BCUT2D eigenvalue weighted by Crippen LogP contribution is -2.42. The Morgan fingerprint density at radius 2 is 2.33 bits per heavy atom. The van der Waals surface area contributed by atoms with Crippen LogP contribution in [0.3, 0.4) is 0 Å². The smallest absolute Gasteiger partial charge is 0.0909 e. The van der Waals surface area contributed by atoms with Gasteiger partial charge in [-0.25, -0.2) is 0 Å². The molecule has 2 N–H and O–H groups in total. The van der Waals surface area contributed by atoms with Crippen molar-refractivity contribution >= 4 is 11.8 Å². The Bertz CT molecular complexity index is 391. The molecule has 0 aromatic heterocycles. The summed E-state index contributed by atoms with van der Waals surface area (Å²) in [6, 6.07) is 8.59. The first-order valence-electron chi connectivity index (χ1n) is 6.36. The maximum Gasteiger partial charge on any atom is 0.0909 e. The Kier molecular flexibility index (Phi) is 4.67. The molecule has 0 amide bonds. The molecule has 3 nitrogen and oxygen atoms in total. The predicted molar refractivity (Wildman–Crippen MR) is 77.0 cm³/mol. The van der Waals surface area contributed by atoms with E-state index >= 15 is 0 Å². The van der Waals surface area contributed by atoms with Gasteiger partial charge in [-0.05, 0) is 44.0 Å². The minimum absolute atomic E-state index is 0.550. The highest BCUT2D eigenvalue weighted by Crippen LogP contribution is 2.19. The lowest BCUT2D eigenvalue weighted by atomic mass is 10.0. The minimum atomic E-state index is -0.550. The molecule has 100 valence electrons. The first-order chi connectivity index (χ1) is 8.61. The maximum absolute atomic E-state index is 10.3. The Morgan fingerprint density at radius 3 is 3.00 bits per heavy atom. The summed E-state index contributed by atoms with van der Waals surface area (Å²) < 4.78 is 0. The number of thioether (sulfide) groups is 1. The molecule has 0 spiro atoms. The Hall–Kier alpha value is -0.550. The largest absolute Gasteiger partial charge is 0.387 e. The first-order valence-corrected chi connectivity index (χ1v) is 7.58. The van der Waals surface area contributed by atoms with Crippen LogP contribution in [0.2, 0.25) is 0 Å². The summed E-state index contributed by atoms with van der Waals surface area (Å²) in [5.74, 6) is 0. The zero-order valence-corrected chi connectivity index (χ0v) is 12.0. The van der Waals surface area contributed by atoms with Crippen LogP contribution in [-0.4, -0.2) is 48.5 Å². The molecule has 2 rings (SSSR count). The van der Waals surface area contributed by atoms with Crippen LogP contribution in [0.1, 0.15) is 12.0 Å². The second-order valence-corrected chi connectivity index (χ2v) is 6.05. The second-order valence-electron chi connectivity index (χ2n) is 5.17. The van der Waals surface area contributed by atoms with Gasteiger partial charge in [0.2, 0.25) is 0 Å². The third-order valence-corrected chi connectivity index (χ3v) is 4.10. The van der Waals surface area contributed by atoms with Crippen molar-refractivity contribution in [3.05, 3.63) is 29.8 Å². The van der Waals surface area contributed by atoms with E-state index in [9.17, 15) is 5.11 Å². The quantitative estimate of drug-likeness (QED) is 0.793. The van der Waals surface area contributed by atoms with E-state index in [1.54, 1.807) is 11.8 Å². The van der Waals surface area contributed by atoms with Gasteiger partial charge in [-0.15, -0.1) is 11.8 Å². The lowest BCUT2D eigenvalue weighted by molar-refractivity contribution is 0.0264. The summed E-state index contributed by atoms with van der Waals surface area (Å²) in [5.41, 5.74) is 0.755. The highest BCUT2D eigenvalue weighted by molar-refractivity contribution is 7.98. The summed E-state index contributed by atoms with van der Waals surface area (Å²) in [7, 11) is 2.07. The van der Waals surface area contributed by atoms with Crippen LogP contribution in [-0.2, 0) is 6.54 Å². The lowest BCUT2D eigenvalue weighted by Gasteiger charge is -2.28. The number of hydrogen-bond donors (Lipinski definition) is 2. The number of nitrogens with one attached hydrogen (secondary N) is 1. The summed E-state index contributed by atoms with van der Waals surface area (Å²) in [6.07, 6.45) is 2.94. The van der Waals surface area contributed by atoms with Crippen LogP contribution >= 0.6 is 11.8 Å². The third kappa shape index (κ3) is 3.72. The zero-order valence-electron chi connectivity index (χ0n) is 11.1. The number of likely N-dealkylation sites (N-methyl/N-ethyl adjacent to an activating group) is 1. The normalized spacial score (nSPS) is 23.8. The van der Waals surface area contributed by atoms with Crippen LogP contribution in [0, 0.1) is 0 Å². The number of β-amino-alcohol motifs (C(OH)–C–C–N with tert-alkyl or cyclic N) is 1. The molecule has 1 aliphatic rings. The van der Waals surface area contributed by atoms with Crippen LogP contribution in [0.25, 0.3) is 0 Å². The molecule has 1 fully saturated rings. The number of nitrogens with zero attached hydrogens (tertiary/aromatic N) is 1. The average Bonchev–Trinajstić information content (AvgIpc) is 2.75. The SMILES string of the molecule is CSc1cccc(CN(C)C[C@@]2(O)CCNC2)c1. The number of hydrogen-bond acceptors (Lipinski definition) is 4. The molecule has 1 aliphatic heterocycles. The number of rotatable bonds is 5. The monoisotopic (exact) mass is 266 g/mol. The molecule has 18 heavy (non-hydrogen) atoms. The van der Waals surface area contributed by atoms with E-state index in [2.05, 4.69) is 47.8 Å². The highest BCUT2D eigenvalue weighted by atomic mass is 32.2. The van der Waals surface area contributed by atoms with Gasteiger partial charge in [0, 0.05) is 24.5 Å². The Balaban J connectivity index is 1.91. The van der Waals surface area contributed by atoms with E-state index in [-0.39, 0.29) is 0 Å². The molecule has 1 saturated heterocycles. The predicted octanol–water partition coefficient (Wildman–Crippen LogP) is 1.56. The van der Waals surface area contributed by atoms with E-state index < -0.39 is 5.60 Å². The van der Waals surface area contributed by atoms with Crippen molar-refractivity contribution in [3.63, 3.8) is 0 Å². The molecular weight excluding hydrogens is 244 g/mol. The molecule has 0 aliphatic carbocycles. The highest BCUT2D eigenvalue weighted by Gasteiger charge is 2.31. The van der Waals surface area contributed by atoms with Gasteiger partial charge in [-0.2, -0.15) is 0 Å². The van der Waals surface area contributed by atoms with Gasteiger partial charge in [0.25, 0.3) is 0 Å². The maximum atomic E-state index is 10.3. The molecule has 1 aromatic carbocycles. The van der Waals surface area contributed by atoms with E-state index in [0.29, 0.717) is 6.54 Å². The van der Waals surface area contributed by atoms with E-state index in [1.165, 1.54) is 10.5 Å². The third-order valence-electron chi connectivity index (χ3n) is 3.37. The van der Waals surface area contributed by atoms with E-state index in [4.69, 9.17) is 0 Å². The van der Waals surface area contributed by atoms with Crippen LogP contribution in [0.15, 0.2) is 29.2 Å². The van der Waals surface area contributed by atoms with Gasteiger partial charge in [0.1, 0.15) is 0 Å². The van der Waals surface area contributed by atoms with Crippen molar-refractivity contribution in [1.29, 1.82) is 0 Å². The Labute approximate surface area is 114 Å². The molecule has 0 radical (unpaired) electrons. The molecule has 1 aromatic rings. The van der Waals surface area contributed by atoms with Gasteiger partial charge in [0.05, 0.1) is 5.60 Å². The number of benzene rings is 1. The van der Waals surface area contributed by atoms with Crippen LogP contribution < -0.4 is 5.32 Å². The van der Waals surface area contributed by atoms with Crippen LogP contribution in [0.4, 0.5) is 0 Å². The van der Waals surface area contributed by atoms with Crippen molar-refractivity contribution in [1.82, 2.24) is 10.2 Å². The summed E-state index contributed by atoms with van der Waals surface area (Å²) in [4.78, 5) is 3.49. The Morgan fingerprint density at radius 1 is 1.50 bits per heavy atom. The second kappa shape index (κ2) is 6.06. The van der Waals surface area contributed by atoms with E-state index in [1.807, 2.05) is 0 Å². The summed E-state index contributed by atoms with van der Waals surface area (Å²) >= 11 is 1.76. The van der Waals surface area contributed by atoms with Crippen molar-refractivity contribution in [2.45, 2.75) is 23.5 Å². The van der Waals surface area contributed by atoms with Gasteiger partial charge < -0.3 is 10.4 Å². The number of aliphatic hydroxyl groups is 1. The van der Waals surface area contributed by atoms with Gasteiger partial charge in [-0.3, -0.25) is 4.90 Å². The zero-order chi connectivity index (χ0) is 13.0. The standard InChI is InChI=1S/C14H22N2OS/c1-16(11-14(17)6-7-15-10-14)9-12-4-3-5-13(8-12)18-2/h3-5,8,15,17H,6-7,9-11H2,1-2H3/t14-/m1/s1. The molecule has 0 bridgehead atoms. The molecule has 1 heterocycles. The molecular formula is C14H22N2OS. The molecule has 0 unspecified atom stereocenters. The van der Waals surface area contributed by atoms with Gasteiger partial charge >= 0.3 is 0 Å². The summed E-state index contributed by atoms with van der Waals surface area (Å²) in [6.45, 7) is 3.24. The topological polar surface area (TPSA) is 35.5 Å². The minimum Gasteiger partial charge on any atom is -0.387 e. The van der Waals surface area contributed by atoms with Gasteiger partial charge in [-0.1, -0.05) is 12.1 Å². The average molecular weight is 266 g/mol. The van der Waals surface area contributed by atoms with Crippen molar-refractivity contribution in [2.75, 3.05) is 32.9 Å². The fraction of sp³-hybridized carbons (Fsp3) is 0.571. The van der Waals surface area contributed by atoms with Crippen LogP contribution in [0.5, 0.6) is 0 Å². The fourth-order valence-corrected chi connectivity index (χ4v) is 2.99. The van der Waals surface area contributed by atoms with Crippen molar-refractivity contribution < 1.29 is 5.11 Å². The van der Waals surface area contributed by atoms with Crippen molar-refractivity contribution in [2.24, 2.45) is 0 Å². The molecule has 4 heteroatoms. The van der Waals surface area contributed by atoms with Crippen molar-refractivity contribution in [3.8, 4) is 0 Å². The summed E-state index contributed by atoms with van der Waals surface area (Å²) in [5, 5.41) is 13.6.